The first-order chi connectivity index (χ1) is 8.30. The third-order valence-electron chi connectivity index (χ3n) is 4.12. The number of hydrogen-bond acceptors (Lipinski definition) is 3. The van der Waals surface area contributed by atoms with E-state index >= 15 is 0 Å². The molecule has 0 saturated carbocycles. The second-order valence-electron chi connectivity index (χ2n) is 6.57. The summed E-state index contributed by atoms with van der Waals surface area (Å²) in [5.74, 6) is -0.118. The van der Waals surface area contributed by atoms with Crippen molar-refractivity contribution >= 4 is 5.97 Å². The Morgan fingerprint density at radius 3 is 2.61 bits per heavy atom. The smallest absolute Gasteiger partial charge is 0.320 e. The first-order valence-corrected chi connectivity index (χ1v) is 7.01. The van der Waals surface area contributed by atoms with Crippen LogP contribution in [-0.4, -0.2) is 41.7 Å². The molecule has 1 saturated heterocycles. The van der Waals surface area contributed by atoms with Gasteiger partial charge in [0.05, 0.1) is 0 Å². The number of likely N-dealkylation sites (tertiary alicyclic amines) is 1. The van der Waals surface area contributed by atoms with Gasteiger partial charge in [0.25, 0.3) is 0 Å². The van der Waals surface area contributed by atoms with Gasteiger partial charge in [0.15, 0.2) is 0 Å². The number of carboxylic acids is 1. The van der Waals surface area contributed by atoms with Crippen molar-refractivity contribution in [1.29, 1.82) is 0 Å². The number of hydrogen-bond donors (Lipinski definition) is 2. The molecule has 1 aliphatic rings. The molecule has 4 heteroatoms. The van der Waals surface area contributed by atoms with Gasteiger partial charge < -0.3 is 15.7 Å². The Kier molecular flexibility index (Phi) is 5.60. The lowest BCUT2D eigenvalue weighted by atomic mass is 9.77. The third kappa shape index (κ3) is 4.94. The van der Waals surface area contributed by atoms with Gasteiger partial charge in [-0.15, -0.1) is 0 Å². The van der Waals surface area contributed by atoms with Crippen LogP contribution in [0.15, 0.2) is 0 Å². The molecule has 1 fully saturated rings. The van der Waals surface area contributed by atoms with Crippen LogP contribution < -0.4 is 5.73 Å². The second-order valence-corrected chi connectivity index (χ2v) is 6.57. The predicted molar refractivity (Wildman–Crippen MR) is 73.5 cm³/mol. The topological polar surface area (TPSA) is 66.6 Å². The zero-order valence-electron chi connectivity index (χ0n) is 12.0. The van der Waals surface area contributed by atoms with Crippen molar-refractivity contribution in [3.8, 4) is 0 Å². The van der Waals surface area contributed by atoms with E-state index < -0.39 is 12.0 Å². The van der Waals surface area contributed by atoms with Gasteiger partial charge in [0.2, 0.25) is 0 Å². The number of aliphatic carboxylic acids is 1. The number of nitrogens with two attached hydrogens (primary N) is 1. The maximum atomic E-state index is 10.7. The highest BCUT2D eigenvalue weighted by atomic mass is 16.4. The zero-order valence-corrected chi connectivity index (χ0v) is 12.0. The zero-order chi connectivity index (χ0) is 13.8. The Morgan fingerprint density at radius 2 is 2.06 bits per heavy atom. The van der Waals surface area contributed by atoms with Crippen molar-refractivity contribution in [1.82, 2.24) is 4.90 Å². The van der Waals surface area contributed by atoms with Crippen LogP contribution in [0.3, 0.4) is 0 Å². The SMILES string of the molecule is CC(C)(C)C1CCCN(CCC(N)C(=O)O)CC1. The van der Waals surface area contributed by atoms with Gasteiger partial charge in [-0.25, -0.2) is 0 Å². The molecule has 1 rings (SSSR count). The Morgan fingerprint density at radius 1 is 1.39 bits per heavy atom. The van der Waals surface area contributed by atoms with E-state index in [-0.39, 0.29) is 0 Å². The van der Waals surface area contributed by atoms with Crippen LogP contribution >= 0.6 is 0 Å². The Bertz CT molecular complexity index is 273. The third-order valence-corrected chi connectivity index (χ3v) is 4.12. The van der Waals surface area contributed by atoms with Crippen molar-refractivity contribution < 1.29 is 9.90 Å². The lowest BCUT2D eigenvalue weighted by molar-refractivity contribution is -0.138. The second kappa shape index (κ2) is 6.53. The monoisotopic (exact) mass is 256 g/mol. The van der Waals surface area contributed by atoms with Crippen molar-refractivity contribution in [3.05, 3.63) is 0 Å². The minimum atomic E-state index is -0.891. The van der Waals surface area contributed by atoms with E-state index in [2.05, 4.69) is 25.7 Å². The molecule has 0 amide bonds. The fourth-order valence-electron chi connectivity index (χ4n) is 2.69. The van der Waals surface area contributed by atoms with Crippen LogP contribution in [0.2, 0.25) is 0 Å². The van der Waals surface area contributed by atoms with Crippen LogP contribution in [-0.2, 0) is 4.79 Å². The van der Waals surface area contributed by atoms with Gasteiger partial charge in [0, 0.05) is 6.54 Å². The maximum absolute atomic E-state index is 10.7. The minimum Gasteiger partial charge on any atom is -0.480 e. The quantitative estimate of drug-likeness (QED) is 0.806. The van der Waals surface area contributed by atoms with Crippen molar-refractivity contribution in [3.63, 3.8) is 0 Å². The highest BCUT2D eigenvalue weighted by Crippen LogP contribution is 2.34. The normalized spacial score (nSPS) is 24.6. The molecule has 0 aromatic carbocycles. The lowest BCUT2D eigenvalue weighted by Gasteiger charge is -2.29. The van der Waals surface area contributed by atoms with Crippen LogP contribution in [0.5, 0.6) is 0 Å². The van der Waals surface area contributed by atoms with Crippen LogP contribution in [0, 0.1) is 11.3 Å². The van der Waals surface area contributed by atoms with E-state index in [1.54, 1.807) is 0 Å². The van der Waals surface area contributed by atoms with Crippen molar-refractivity contribution in [2.24, 2.45) is 17.1 Å². The Labute approximate surface area is 111 Å². The summed E-state index contributed by atoms with van der Waals surface area (Å²) in [6, 6.07) is -0.716. The molecule has 18 heavy (non-hydrogen) atoms. The molecule has 2 atom stereocenters. The van der Waals surface area contributed by atoms with Crippen LogP contribution in [0.25, 0.3) is 0 Å². The van der Waals surface area contributed by atoms with E-state index in [1.807, 2.05) is 0 Å². The molecular formula is C14H28N2O2. The molecular weight excluding hydrogens is 228 g/mol. The summed E-state index contributed by atoms with van der Waals surface area (Å²) < 4.78 is 0. The Balaban J connectivity index is 2.36. The van der Waals surface area contributed by atoms with Gasteiger partial charge in [0.1, 0.15) is 6.04 Å². The first-order valence-electron chi connectivity index (χ1n) is 7.01. The molecule has 1 aliphatic heterocycles. The van der Waals surface area contributed by atoms with E-state index in [1.165, 1.54) is 19.3 Å². The molecule has 0 aromatic rings. The fourth-order valence-corrected chi connectivity index (χ4v) is 2.69. The standard InChI is InChI=1S/C14H28N2O2/c1-14(2,3)11-5-4-8-16(9-6-11)10-7-12(15)13(17)18/h11-12H,4-10,15H2,1-3H3,(H,17,18). The number of nitrogens with zero attached hydrogens (tertiary/aromatic N) is 1. The van der Waals surface area contributed by atoms with Crippen LogP contribution in [0.4, 0.5) is 0 Å². The summed E-state index contributed by atoms with van der Waals surface area (Å²) in [6.45, 7) is 9.91. The summed E-state index contributed by atoms with van der Waals surface area (Å²) in [6.07, 6.45) is 4.26. The van der Waals surface area contributed by atoms with Crippen LogP contribution in [0.1, 0.15) is 46.5 Å². The lowest BCUT2D eigenvalue weighted by Crippen LogP contribution is -2.36. The highest BCUT2D eigenvalue weighted by Gasteiger charge is 2.27. The first kappa shape index (κ1) is 15.4. The van der Waals surface area contributed by atoms with Gasteiger partial charge in [-0.2, -0.15) is 0 Å². The molecule has 1 heterocycles. The largest absolute Gasteiger partial charge is 0.480 e. The van der Waals surface area contributed by atoms with Gasteiger partial charge in [-0.1, -0.05) is 20.8 Å². The van der Waals surface area contributed by atoms with E-state index in [9.17, 15) is 4.79 Å². The van der Waals surface area contributed by atoms with Gasteiger partial charge in [-0.05, 0) is 50.1 Å². The highest BCUT2D eigenvalue weighted by molar-refractivity contribution is 5.72. The predicted octanol–water partition coefficient (Wildman–Crippen LogP) is 1.94. The fraction of sp³-hybridized carbons (Fsp3) is 0.929. The molecule has 4 nitrogen and oxygen atoms in total. The molecule has 0 spiro atoms. The van der Waals surface area contributed by atoms with E-state index in [0.717, 1.165) is 25.6 Å². The van der Waals surface area contributed by atoms with Gasteiger partial charge >= 0.3 is 5.97 Å². The van der Waals surface area contributed by atoms with E-state index in [0.29, 0.717) is 11.8 Å². The molecule has 2 unspecified atom stereocenters. The minimum absolute atomic E-state index is 0.382. The number of rotatable bonds is 4. The summed E-state index contributed by atoms with van der Waals surface area (Å²) in [5.41, 5.74) is 5.93. The summed E-state index contributed by atoms with van der Waals surface area (Å²) in [7, 11) is 0. The molecule has 0 radical (unpaired) electrons. The Hall–Kier alpha value is -0.610. The van der Waals surface area contributed by atoms with Crippen molar-refractivity contribution in [2.75, 3.05) is 19.6 Å². The number of carboxylic acid groups (broad SMARTS) is 1. The summed E-state index contributed by atoms with van der Waals surface area (Å²) in [5, 5.41) is 8.77. The maximum Gasteiger partial charge on any atom is 0.320 e. The molecule has 0 aliphatic carbocycles. The summed E-state index contributed by atoms with van der Waals surface area (Å²) >= 11 is 0. The van der Waals surface area contributed by atoms with Gasteiger partial charge in [-0.3, -0.25) is 4.79 Å². The molecule has 0 bridgehead atoms. The summed E-state index contributed by atoms with van der Waals surface area (Å²) in [4.78, 5) is 13.0. The van der Waals surface area contributed by atoms with Crippen molar-refractivity contribution in [2.45, 2.75) is 52.5 Å². The number of carbonyl (C=O) groups is 1. The molecule has 3 N–H and O–H groups in total. The van der Waals surface area contributed by atoms with E-state index in [4.69, 9.17) is 10.8 Å². The average Bonchev–Trinajstić information content (AvgIpc) is 2.50. The molecule has 106 valence electrons. The molecule has 0 aromatic heterocycles. The average molecular weight is 256 g/mol.